The van der Waals surface area contributed by atoms with E-state index in [1.807, 2.05) is 0 Å². The molecule has 0 aromatic carbocycles. The highest BCUT2D eigenvalue weighted by atomic mass is 31.2. The lowest BCUT2D eigenvalue weighted by Crippen LogP contribution is -2.30. The number of carbonyl (C=O) groups excluding carboxylic acids is 4. The highest BCUT2D eigenvalue weighted by molar-refractivity contribution is 7.47. The Morgan fingerprint density at radius 2 is 0.511 bits per heavy atom. The van der Waals surface area contributed by atoms with Gasteiger partial charge in [-0.1, -0.05) is 325 Å². The zero-order valence-electron chi connectivity index (χ0n) is 61.6. The molecule has 3 N–H and O–H groups in total. The molecule has 0 fully saturated rings. The van der Waals surface area contributed by atoms with E-state index in [-0.39, 0.29) is 25.7 Å². The van der Waals surface area contributed by atoms with Crippen molar-refractivity contribution in [2.45, 2.75) is 395 Å². The van der Waals surface area contributed by atoms with Crippen LogP contribution in [0.3, 0.4) is 0 Å². The van der Waals surface area contributed by atoms with Crippen molar-refractivity contribution in [3.63, 3.8) is 0 Å². The summed E-state index contributed by atoms with van der Waals surface area (Å²) in [5, 5.41) is 10.6. The number of hydrogen-bond donors (Lipinski definition) is 3. The van der Waals surface area contributed by atoms with Crippen molar-refractivity contribution >= 4 is 39.5 Å². The lowest BCUT2D eigenvalue weighted by atomic mass is 9.99. The third-order valence-corrected chi connectivity index (χ3v) is 19.6. The van der Waals surface area contributed by atoms with Gasteiger partial charge in [-0.15, -0.1) is 0 Å². The SMILES string of the molecule is CCC(C)CCCCCCCCCCCCCCCCCCCCC(=O)OC[C@H](COP(=O)(O)OC[C@@H](O)COP(=O)(O)OC[C@@H](COC(=O)CCCCCCCCC(C)C)OC(=O)CCCCCCCCC(C)C)OC(=O)CCCCCCCCCCCCCC(C)C. The van der Waals surface area contributed by atoms with Crippen molar-refractivity contribution in [2.24, 2.45) is 23.7 Å². The Hall–Kier alpha value is -1.94. The maximum Gasteiger partial charge on any atom is 0.472 e. The van der Waals surface area contributed by atoms with Gasteiger partial charge in [0.25, 0.3) is 0 Å². The highest BCUT2D eigenvalue weighted by Crippen LogP contribution is 2.45. The standard InChI is InChI=1S/C75H146O17P2/c1-9-68(8)54-46-38-28-24-20-16-14-12-10-11-13-15-17-21-25-29-39-47-55-72(77)85-61-70(91-74(79)57-49-41-30-26-22-18-19-23-27-35-43-51-65(2)3)63-89-93(81,82)87-59-69(76)60-88-94(83,84)90-64-71(92-75(80)58-50-42-34-32-37-45-53-67(6)7)62-86-73(78)56-48-40-33-31-36-44-52-66(4)5/h65-71,76H,9-64H2,1-8H3,(H,81,82)(H,83,84)/t68?,69-,70-,71-/m1/s1. The number of hydrogen-bond acceptors (Lipinski definition) is 15. The number of phosphoric acid groups is 2. The normalized spacial score (nSPS) is 14.4. The van der Waals surface area contributed by atoms with Gasteiger partial charge >= 0.3 is 39.5 Å². The smallest absolute Gasteiger partial charge is 0.462 e. The summed E-state index contributed by atoms with van der Waals surface area (Å²) in [6.07, 6.45) is 49.1. The van der Waals surface area contributed by atoms with E-state index < -0.39 is 97.5 Å². The fraction of sp³-hybridized carbons (Fsp3) is 0.947. The Kier molecular flexibility index (Phi) is 63.1. The van der Waals surface area contributed by atoms with E-state index in [0.29, 0.717) is 37.5 Å². The maximum atomic E-state index is 13.1. The molecule has 0 saturated carbocycles. The summed E-state index contributed by atoms with van der Waals surface area (Å²) in [5.74, 6) is 0.858. The number of carbonyl (C=O) groups is 4. The molecule has 0 aliphatic carbocycles. The monoisotopic (exact) mass is 1380 g/mol. The number of aliphatic hydroxyl groups is 1. The van der Waals surface area contributed by atoms with Crippen molar-refractivity contribution in [1.29, 1.82) is 0 Å². The molecule has 17 nitrogen and oxygen atoms in total. The van der Waals surface area contributed by atoms with Gasteiger partial charge in [0.15, 0.2) is 12.2 Å². The predicted octanol–water partition coefficient (Wildman–Crippen LogP) is 21.7. The zero-order valence-corrected chi connectivity index (χ0v) is 63.4. The van der Waals surface area contributed by atoms with Gasteiger partial charge in [-0.2, -0.15) is 0 Å². The summed E-state index contributed by atoms with van der Waals surface area (Å²) in [4.78, 5) is 72.6. The van der Waals surface area contributed by atoms with Crippen molar-refractivity contribution in [1.82, 2.24) is 0 Å². The Balaban J connectivity index is 5.14. The molecule has 94 heavy (non-hydrogen) atoms. The first-order chi connectivity index (χ1) is 45.1. The Morgan fingerprint density at radius 3 is 0.755 bits per heavy atom. The van der Waals surface area contributed by atoms with E-state index in [1.54, 1.807) is 0 Å². The molecule has 0 aromatic rings. The molecular formula is C75H146O17P2. The fourth-order valence-corrected chi connectivity index (χ4v) is 12.9. The molecule has 0 saturated heterocycles. The number of unbranched alkanes of at least 4 members (excludes halogenated alkanes) is 37. The topological polar surface area (TPSA) is 237 Å². The molecule has 0 aliphatic rings. The minimum absolute atomic E-state index is 0.101. The molecule has 0 spiro atoms. The summed E-state index contributed by atoms with van der Waals surface area (Å²) in [6, 6.07) is 0. The summed E-state index contributed by atoms with van der Waals surface area (Å²) >= 11 is 0. The third-order valence-electron chi connectivity index (χ3n) is 17.7. The van der Waals surface area contributed by atoms with Crippen molar-refractivity contribution < 1.29 is 80.2 Å². The Bertz CT molecular complexity index is 1850. The first kappa shape index (κ1) is 92.1. The quantitative estimate of drug-likeness (QED) is 0.0222. The second-order valence-corrected chi connectivity index (χ2v) is 31.6. The van der Waals surface area contributed by atoms with Gasteiger partial charge in [0.2, 0.25) is 0 Å². The van der Waals surface area contributed by atoms with E-state index in [9.17, 15) is 43.2 Å². The second-order valence-electron chi connectivity index (χ2n) is 28.7. The minimum Gasteiger partial charge on any atom is -0.462 e. The lowest BCUT2D eigenvalue weighted by molar-refractivity contribution is -0.161. The van der Waals surface area contributed by atoms with Gasteiger partial charge in [0.1, 0.15) is 19.3 Å². The van der Waals surface area contributed by atoms with E-state index in [1.165, 1.54) is 173 Å². The van der Waals surface area contributed by atoms with E-state index in [0.717, 1.165) is 108 Å². The van der Waals surface area contributed by atoms with Crippen LogP contribution in [-0.4, -0.2) is 96.7 Å². The third kappa shape index (κ3) is 67.3. The first-order valence-electron chi connectivity index (χ1n) is 38.7. The molecule has 0 amide bonds. The van der Waals surface area contributed by atoms with Crippen LogP contribution in [0.1, 0.15) is 376 Å². The van der Waals surface area contributed by atoms with Crippen molar-refractivity contribution in [2.75, 3.05) is 39.6 Å². The Labute approximate surface area is 575 Å². The number of phosphoric ester groups is 2. The molecule has 19 heteroatoms. The van der Waals surface area contributed by atoms with Crippen LogP contribution in [-0.2, 0) is 65.4 Å². The molecular weight excluding hydrogens is 1230 g/mol. The van der Waals surface area contributed by atoms with Gasteiger partial charge in [0, 0.05) is 25.7 Å². The van der Waals surface area contributed by atoms with E-state index >= 15 is 0 Å². The molecule has 6 atom stereocenters. The van der Waals surface area contributed by atoms with Crippen LogP contribution < -0.4 is 0 Å². The second kappa shape index (κ2) is 64.4. The van der Waals surface area contributed by atoms with Crippen LogP contribution in [0.15, 0.2) is 0 Å². The average molecular weight is 1380 g/mol. The molecule has 0 aromatic heterocycles. The molecule has 0 heterocycles. The number of ether oxygens (including phenoxy) is 4. The van der Waals surface area contributed by atoms with E-state index in [2.05, 4.69) is 55.4 Å². The number of aliphatic hydroxyl groups excluding tert-OH is 1. The molecule has 0 bridgehead atoms. The molecule has 0 rings (SSSR count). The number of rotatable bonds is 72. The highest BCUT2D eigenvalue weighted by Gasteiger charge is 2.30. The summed E-state index contributed by atoms with van der Waals surface area (Å²) in [7, 11) is -9.91. The van der Waals surface area contributed by atoms with Crippen LogP contribution >= 0.6 is 15.6 Å². The summed E-state index contributed by atoms with van der Waals surface area (Å²) in [6.45, 7) is 14.1. The minimum atomic E-state index is -4.96. The van der Waals surface area contributed by atoms with Crippen LogP contribution in [0, 0.1) is 23.7 Å². The molecule has 558 valence electrons. The Morgan fingerprint density at radius 1 is 0.298 bits per heavy atom. The largest absolute Gasteiger partial charge is 0.472 e. The van der Waals surface area contributed by atoms with Crippen molar-refractivity contribution in [3.8, 4) is 0 Å². The van der Waals surface area contributed by atoms with Gasteiger partial charge in [-0.25, -0.2) is 9.13 Å². The van der Waals surface area contributed by atoms with Gasteiger partial charge in [-0.05, 0) is 49.4 Å². The number of esters is 4. The molecule has 0 radical (unpaired) electrons. The van der Waals surface area contributed by atoms with Gasteiger partial charge < -0.3 is 33.8 Å². The van der Waals surface area contributed by atoms with E-state index in [4.69, 9.17) is 37.0 Å². The van der Waals surface area contributed by atoms with Crippen molar-refractivity contribution in [3.05, 3.63) is 0 Å². The van der Waals surface area contributed by atoms with Crippen LogP contribution in [0.4, 0.5) is 0 Å². The average Bonchev–Trinajstić information content (AvgIpc) is 2.02. The summed E-state index contributed by atoms with van der Waals surface area (Å²) < 4.78 is 68.3. The van der Waals surface area contributed by atoms with Crippen LogP contribution in [0.25, 0.3) is 0 Å². The molecule has 0 aliphatic heterocycles. The van der Waals surface area contributed by atoms with Crippen LogP contribution in [0.2, 0.25) is 0 Å². The zero-order chi connectivity index (χ0) is 69.6. The van der Waals surface area contributed by atoms with Crippen LogP contribution in [0.5, 0.6) is 0 Å². The molecule has 3 unspecified atom stereocenters. The summed E-state index contributed by atoms with van der Waals surface area (Å²) in [5.41, 5.74) is 0. The lowest BCUT2D eigenvalue weighted by Gasteiger charge is -2.21. The predicted molar refractivity (Wildman–Crippen MR) is 381 cm³/mol. The first-order valence-corrected chi connectivity index (χ1v) is 41.7. The van der Waals surface area contributed by atoms with Gasteiger partial charge in [-0.3, -0.25) is 37.3 Å². The fourth-order valence-electron chi connectivity index (χ4n) is 11.3. The van der Waals surface area contributed by atoms with Gasteiger partial charge in [0.05, 0.1) is 26.4 Å². The maximum absolute atomic E-state index is 13.1.